The summed E-state index contributed by atoms with van der Waals surface area (Å²) in [6, 6.07) is 7.83. The Labute approximate surface area is 121 Å². The van der Waals surface area contributed by atoms with Gasteiger partial charge in [0.25, 0.3) is 0 Å². The highest BCUT2D eigenvalue weighted by Gasteiger charge is 2.22. The normalized spacial score (nSPS) is 18.1. The predicted octanol–water partition coefficient (Wildman–Crippen LogP) is 1.53. The highest BCUT2D eigenvalue weighted by molar-refractivity contribution is 7.99. The number of carbonyl (C=O) groups is 1. The van der Waals surface area contributed by atoms with Gasteiger partial charge in [-0.1, -0.05) is 12.1 Å². The number of thioether (sulfide) groups is 1. The quantitative estimate of drug-likeness (QED) is 0.896. The van der Waals surface area contributed by atoms with E-state index in [1.807, 2.05) is 35.0 Å². The van der Waals surface area contributed by atoms with Crippen LogP contribution in [-0.4, -0.2) is 33.1 Å². The van der Waals surface area contributed by atoms with E-state index < -0.39 is 0 Å². The van der Waals surface area contributed by atoms with Crippen LogP contribution in [0.15, 0.2) is 43.0 Å². The minimum absolute atomic E-state index is 0.0368. The Bertz CT molecular complexity index is 579. The van der Waals surface area contributed by atoms with E-state index in [0.29, 0.717) is 0 Å². The van der Waals surface area contributed by atoms with Crippen molar-refractivity contribution in [3.05, 3.63) is 48.5 Å². The first-order chi connectivity index (χ1) is 9.81. The third-order valence-corrected chi connectivity index (χ3v) is 4.09. The minimum atomic E-state index is -0.0858. The van der Waals surface area contributed by atoms with E-state index in [4.69, 9.17) is 0 Å². The van der Waals surface area contributed by atoms with Crippen molar-refractivity contribution in [3.63, 3.8) is 0 Å². The SMILES string of the molecule is O=C(Nc1cccc(Cn2ccnc2)c1)C1CSCN1. The summed E-state index contributed by atoms with van der Waals surface area (Å²) in [6.45, 7) is 0.751. The molecule has 2 N–H and O–H groups in total. The smallest absolute Gasteiger partial charge is 0.242 e. The number of amides is 1. The topological polar surface area (TPSA) is 59.0 Å². The number of anilines is 1. The van der Waals surface area contributed by atoms with Crippen LogP contribution < -0.4 is 10.6 Å². The fraction of sp³-hybridized carbons (Fsp3) is 0.286. The van der Waals surface area contributed by atoms with E-state index in [9.17, 15) is 4.79 Å². The van der Waals surface area contributed by atoms with E-state index in [2.05, 4.69) is 15.6 Å². The fourth-order valence-electron chi connectivity index (χ4n) is 2.13. The van der Waals surface area contributed by atoms with Gasteiger partial charge in [0.05, 0.1) is 12.4 Å². The summed E-state index contributed by atoms with van der Waals surface area (Å²) < 4.78 is 2.00. The maximum Gasteiger partial charge on any atom is 0.242 e. The van der Waals surface area contributed by atoms with E-state index >= 15 is 0 Å². The molecule has 1 fully saturated rings. The average Bonchev–Trinajstić information content (AvgIpc) is 3.12. The molecule has 5 nitrogen and oxygen atoms in total. The zero-order valence-electron chi connectivity index (χ0n) is 11.0. The minimum Gasteiger partial charge on any atom is -0.333 e. The molecular formula is C14H16N4OS. The van der Waals surface area contributed by atoms with Crippen LogP contribution in [0.4, 0.5) is 5.69 Å². The van der Waals surface area contributed by atoms with Gasteiger partial charge in [-0.15, -0.1) is 11.8 Å². The van der Waals surface area contributed by atoms with Crippen LogP contribution >= 0.6 is 11.8 Å². The van der Waals surface area contributed by atoms with Crippen molar-refractivity contribution in [2.24, 2.45) is 0 Å². The first-order valence-corrected chi connectivity index (χ1v) is 7.63. The van der Waals surface area contributed by atoms with Crippen molar-refractivity contribution < 1.29 is 4.79 Å². The van der Waals surface area contributed by atoms with Crippen molar-refractivity contribution >= 4 is 23.4 Å². The second-order valence-electron chi connectivity index (χ2n) is 4.70. The Kier molecular flexibility index (Phi) is 4.03. The number of hydrogen-bond acceptors (Lipinski definition) is 4. The van der Waals surface area contributed by atoms with E-state index in [1.165, 1.54) is 0 Å². The van der Waals surface area contributed by atoms with E-state index in [0.717, 1.165) is 29.4 Å². The predicted molar refractivity (Wildman–Crippen MR) is 80.6 cm³/mol. The van der Waals surface area contributed by atoms with Crippen LogP contribution in [0.25, 0.3) is 0 Å². The van der Waals surface area contributed by atoms with Crippen molar-refractivity contribution in [3.8, 4) is 0 Å². The van der Waals surface area contributed by atoms with Gasteiger partial charge in [0.15, 0.2) is 0 Å². The Morgan fingerprint density at radius 2 is 2.50 bits per heavy atom. The zero-order valence-corrected chi connectivity index (χ0v) is 11.8. The summed E-state index contributed by atoms with van der Waals surface area (Å²) in [6.07, 6.45) is 5.46. The third kappa shape index (κ3) is 3.20. The standard InChI is InChI=1S/C14H16N4OS/c19-14(13-8-20-10-16-13)17-12-3-1-2-11(6-12)7-18-5-4-15-9-18/h1-6,9,13,16H,7-8,10H2,(H,17,19). The van der Waals surface area contributed by atoms with E-state index in [1.54, 1.807) is 24.3 Å². The number of rotatable bonds is 4. The van der Waals surface area contributed by atoms with Crippen LogP contribution in [0.1, 0.15) is 5.56 Å². The van der Waals surface area contributed by atoms with Gasteiger partial charge in [0.2, 0.25) is 5.91 Å². The monoisotopic (exact) mass is 288 g/mol. The molecule has 20 heavy (non-hydrogen) atoms. The van der Waals surface area contributed by atoms with Crippen LogP contribution in [0.2, 0.25) is 0 Å². The molecule has 0 aliphatic carbocycles. The zero-order chi connectivity index (χ0) is 13.8. The molecule has 1 saturated heterocycles. The number of hydrogen-bond donors (Lipinski definition) is 2. The molecular weight excluding hydrogens is 272 g/mol. The summed E-state index contributed by atoms with van der Waals surface area (Å²) in [5.41, 5.74) is 1.97. The summed E-state index contributed by atoms with van der Waals surface area (Å²) in [5.74, 6) is 1.72. The highest BCUT2D eigenvalue weighted by atomic mass is 32.2. The molecule has 2 aromatic rings. The van der Waals surface area contributed by atoms with Gasteiger partial charge in [-0.25, -0.2) is 4.98 Å². The van der Waals surface area contributed by atoms with Crippen LogP contribution in [0, 0.1) is 0 Å². The van der Waals surface area contributed by atoms with Gasteiger partial charge >= 0.3 is 0 Å². The maximum absolute atomic E-state index is 12.0. The van der Waals surface area contributed by atoms with Crippen LogP contribution in [0.5, 0.6) is 0 Å². The second kappa shape index (κ2) is 6.11. The van der Waals surface area contributed by atoms with Crippen LogP contribution in [-0.2, 0) is 11.3 Å². The molecule has 1 unspecified atom stereocenters. The molecule has 1 atom stereocenters. The molecule has 0 radical (unpaired) electrons. The molecule has 1 aromatic heterocycles. The molecule has 1 amide bonds. The van der Waals surface area contributed by atoms with Crippen molar-refractivity contribution in [2.45, 2.75) is 12.6 Å². The molecule has 1 aliphatic heterocycles. The lowest BCUT2D eigenvalue weighted by atomic mass is 10.2. The number of nitrogens with one attached hydrogen (secondary N) is 2. The first kappa shape index (κ1) is 13.2. The molecule has 104 valence electrons. The molecule has 0 bridgehead atoms. The number of carbonyl (C=O) groups excluding carboxylic acids is 1. The Hall–Kier alpha value is -1.79. The van der Waals surface area contributed by atoms with Gasteiger partial charge in [0.1, 0.15) is 0 Å². The highest BCUT2D eigenvalue weighted by Crippen LogP contribution is 2.15. The largest absolute Gasteiger partial charge is 0.333 e. The number of nitrogens with zero attached hydrogens (tertiary/aromatic N) is 2. The van der Waals surface area contributed by atoms with Gasteiger partial charge in [0, 0.05) is 36.3 Å². The fourth-order valence-corrected chi connectivity index (χ4v) is 3.07. The van der Waals surface area contributed by atoms with Gasteiger partial charge in [-0.3, -0.25) is 10.1 Å². The lowest BCUT2D eigenvalue weighted by Gasteiger charge is -2.11. The molecule has 0 spiro atoms. The van der Waals surface area contributed by atoms with Crippen molar-refractivity contribution in [1.29, 1.82) is 0 Å². The van der Waals surface area contributed by atoms with Gasteiger partial charge in [-0.2, -0.15) is 0 Å². The van der Waals surface area contributed by atoms with Crippen molar-refractivity contribution in [1.82, 2.24) is 14.9 Å². The van der Waals surface area contributed by atoms with E-state index in [-0.39, 0.29) is 11.9 Å². The Balaban J connectivity index is 1.66. The number of benzene rings is 1. The molecule has 6 heteroatoms. The lowest BCUT2D eigenvalue weighted by molar-refractivity contribution is -0.117. The maximum atomic E-state index is 12.0. The summed E-state index contributed by atoms with van der Waals surface area (Å²) in [7, 11) is 0. The van der Waals surface area contributed by atoms with Gasteiger partial charge < -0.3 is 9.88 Å². The summed E-state index contributed by atoms with van der Waals surface area (Å²) in [4.78, 5) is 16.1. The Morgan fingerprint density at radius 1 is 1.55 bits per heavy atom. The third-order valence-electron chi connectivity index (χ3n) is 3.15. The molecule has 2 heterocycles. The van der Waals surface area contributed by atoms with Gasteiger partial charge in [-0.05, 0) is 17.7 Å². The second-order valence-corrected chi connectivity index (χ2v) is 5.73. The van der Waals surface area contributed by atoms with Crippen LogP contribution in [0.3, 0.4) is 0 Å². The Morgan fingerprint density at radius 3 is 3.25 bits per heavy atom. The average molecular weight is 288 g/mol. The number of imidazole rings is 1. The molecule has 1 aromatic carbocycles. The molecule has 3 rings (SSSR count). The summed E-state index contributed by atoms with van der Waals surface area (Å²) >= 11 is 1.74. The van der Waals surface area contributed by atoms with Crippen molar-refractivity contribution in [2.75, 3.05) is 16.9 Å². The number of aromatic nitrogens is 2. The lowest BCUT2D eigenvalue weighted by Crippen LogP contribution is -2.37. The summed E-state index contributed by atoms with van der Waals surface area (Å²) in [5, 5.41) is 6.13. The molecule has 1 aliphatic rings. The molecule has 0 saturated carbocycles. The first-order valence-electron chi connectivity index (χ1n) is 6.48.